The van der Waals surface area contributed by atoms with E-state index in [4.69, 9.17) is 0 Å². The first kappa shape index (κ1) is 16.4. The van der Waals surface area contributed by atoms with Crippen LogP contribution in [0, 0.1) is 15.9 Å². The van der Waals surface area contributed by atoms with E-state index in [2.05, 4.69) is 21.2 Å². The van der Waals surface area contributed by atoms with Crippen molar-refractivity contribution < 1.29 is 14.1 Å². The van der Waals surface area contributed by atoms with Gasteiger partial charge in [0.1, 0.15) is 11.5 Å². The van der Waals surface area contributed by atoms with Gasteiger partial charge in [0, 0.05) is 13.1 Å². The number of halogens is 2. The van der Waals surface area contributed by atoms with E-state index in [-0.39, 0.29) is 22.6 Å². The van der Waals surface area contributed by atoms with Crippen LogP contribution in [0.25, 0.3) is 0 Å². The third-order valence-corrected chi connectivity index (χ3v) is 3.39. The lowest BCUT2D eigenvalue weighted by Crippen LogP contribution is -2.35. The smallest absolute Gasteiger partial charge is 0.295 e. The largest absolute Gasteiger partial charge is 0.371 e. The zero-order valence-corrected chi connectivity index (χ0v) is 12.7. The number of likely N-dealkylation sites (N-methyl/N-ethyl adjacent to an activating group) is 1. The Morgan fingerprint density at radius 1 is 1.45 bits per heavy atom. The zero-order valence-electron chi connectivity index (χ0n) is 11.2. The fourth-order valence-corrected chi connectivity index (χ4v) is 2.03. The molecule has 0 atom stereocenters. The van der Waals surface area contributed by atoms with Crippen LogP contribution in [0.4, 0.5) is 15.8 Å². The van der Waals surface area contributed by atoms with Gasteiger partial charge in [0.2, 0.25) is 5.91 Å². The second kappa shape index (κ2) is 7.18. The van der Waals surface area contributed by atoms with Crippen LogP contribution in [0.2, 0.25) is 0 Å². The first-order chi connectivity index (χ1) is 9.40. The Labute approximate surface area is 124 Å². The van der Waals surface area contributed by atoms with Gasteiger partial charge in [0.05, 0.1) is 22.0 Å². The van der Waals surface area contributed by atoms with Crippen molar-refractivity contribution in [2.45, 2.75) is 13.8 Å². The Kier molecular flexibility index (Phi) is 5.87. The molecule has 0 radical (unpaired) electrons. The summed E-state index contributed by atoms with van der Waals surface area (Å²) in [7, 11) is 0. The highest BCUT2D eigenvalue weighted by Gasteiger charge is 2.19. The summed E-state index contributed by atoms with van der Waals surface area (Å²) in [5.74, 6) is -0.901. The summed E-state index contributed by atoms with van der Waals surface area (Å²) < 4.78 is 13.4. The molecule has 0 spiro atoms. The van der Waals surface area contributed by atoms with Crippen molar-refractivity contribution >= 4 is 33.2 Å². The van der Waals surface area contributed by atoms with E-state index in [1.165, 1.54) is 6.07 Å². The molecule has 1 N–H and O–H groups in total. The van der Waals surface area contributed by atoms with Gasteiger partial charge in [-0.3, -0.25) is 14.9 Å². The molecule has 6 nitrogen and oxygen atoms in total. The van der Waals surface area contributed by atoms with Crippen molar-refractivity contribution in [1.29, 1.82) is 0 Å². The van der Waals surface area contributed by atoms with Crippen LogP contribution in [0.5, 0.6) is 0 Å². The molecule has 8 heteroatoms. The molecule has 0 aromatic heterocycles. The molecule has 1 aromatic carbocycles. The predicted molar refractivity (Wildman–Crippen MR) is 77.2 cm³/mol. The molecular weight excluding hydrogens is 333 g/mol. The van der Waals surface area contributed by atoms with Crippen molar-refractivity contribution in [3.63, 3.8) is 0 Å². The third kappa shape index (κ3) is 3.89. The van der Waals surface area contributed by atoms with Gasteiger partial charge in [-0.2, -0.15) is 0 Å². The van der Waals surface area contributed by atoms with E-state index in [1.807, 2.05) is 13.8 Å². The maximum atomic E-state index is 13.3. The number of nitro benzene ring substituents is 1. The number of carbonyl (C=O) groups is 1. The maximum Gasteiger partial charge on any atom is 0.295 e. The number of hydrogen-bond acceptors (Lipinski definition) is 4. The highest BCUT2D eigenvalue weighted by Crippen LogP contribution is 2.30. The number of nitrogens with one attached hydrogen (secondary N) is 1. The van der Waals surface area contributed by atoms with Crippen LogP contribution >= 0.6 is 15.9 Å². The van der Waals surface area contributed by atoms with Crippen molar-refractivity contribution in [3.05, 3.63) is 32.5 Å². The van der Waals surface area contributed by atoms with Gasteiger partial charge in [-0.1, -0.05) is 0 Å². The number of anilines is 1. The molecule has 0 aliphatic carbocycles. The third-order valence-electron chi connectivity index (χ3n) is 2.78. The minimum Gasteiger partial charge on any atom is -0.371 e. The number of amides is 1. The Morgan fingerprint density at radius 2 is 2.05 bits per heavy atom. The van der Waals surface area contributed by atoms with E-state index in [9.17, 15) is 19.3 Å². The number of nitro groups is 1. The standard InChI is InChI=1S/C12H15BrFN3O3/c1-3-16(4-2)12(18)7-15-10-5-8(13)9(14)6-11(10)17(19)20/h5-6,15H,3-4,7H2,1-2H3. The Hall–Kier alpha value is -1.70. The second-order valence-corrected chi connectivity index (χ2v) is 4.81. The molecule has 0 aliphatic rings. The quantitative estimate of drug-likeness (QED) is 0.634. The Bertz CT molecular complexity index is 521. The molecule has 1 amide bonds. The molecule has 0 saturated carbocycles. The summed E-state index contributed by atoms with van der Waals surface area (Å²) in [6.07, 6.45) is 0. The summed E-state index contributed by atoms with van der Waals surface area (Å²) >= 11 is 2.96. The lowest BCUT2D eigenvalue weighted by Gasteiger charge is -2.19. The fraction of sp³-hybridized carbons (Fsp3) is 0.417. The molecule has 0 heterocycles. The van der Waals surface area contributed by atoms with E-state index < -0.39 is 16.4 Å². The van der Waals surface area contributed by atoms with Gasteiger partial charge in [0.25, 0.3) is 5.69 Å². The van der Waals surface area contributed by atoms with Crippen LogP contribution in [0.15, 0.2) is 16.6 Å². The average Bonchev–Trinajstić information content (AvgIpc) is 2.40. The number of rotatable bonds is 6. The van der Waals surface area contributed by atoms with Crippen LogP contribution < -0.4 is 5.32 Å². The van der Waals surface area contributed by atoms with Crippen molar-refractivity contribution in [1.82, 2.24) is 4.90 Å². The minimum atomic E-state index is -0.725. The van der Waals surface area contributed by atoms with E-state index in [1.54, 1.807) is 4.90 Å². The number of benzene rings is 1. The summed E-state index contributed by atoms with van der Waals surface area (Å²) in [5.41, 5.74) is -0.304. The first-order valence-corrected chi connectivity index (χ1v) is 6.85. The SMILES string of the molecule is CCN(CC)C(=O)CNc1cc(Br)c(F)cc1[N+](=O)[O-]. The summed E-state index contributed by atoms with van der Waals surface area (Å²) in [5, 5.41) is 13.5. The number of nitrogens with zero attached hydrogens (tertiary/aromatic N) is 2. The van der Waals surface area contributed by atoms with E-state index >= 15 is 0 Å². The Balaban J connectivity index is 2.89. The molecule has 20 heavy (non-hydrogen) atoms. The topological polar surface area (TPSA) is 75.5 Å². The highest BCUT2D eigenvalue weighted by molar-refractivity contribution is 9.10. The molecule has 110 valence electrons. The van der Waals surface area contributed by atoms with Crippen molar-refractivity contribution in [3.8, 4) is 0 Å². The van der Waals surface area contributed by atoms with Gasteiger partial charge >= 0.3 is 0 Å². The van der Waals surface area contributed by atoms with E-state index in [0.29, 0.717) is 13.1 Å². The fourth-order valence-electron chi connectivity index (χ4n) is 1.69. The van der Waals surface area contributed by atoms with Gasteiger partial charge in [0.15, 0.2) is 0 Å². The Morgan fingerprint density at radius 3 is 2.55 bits per heavy atom. The first-order valence-electron chi connectivity index (χ1n) is 6.05. The van der Waals surface area contributed by atoms with Crippen LogP contribution in [-0.4, -0.2) is 35.4 Å². The normalized spacial score (nSPS) is 10.2. The van der Waals surface area contributed by atoms with E-state index in [0.717, 1.165) is 6.07 Å². The molecule has 0 fully saturated rings. The summed E-state index contributed by atoms with van der Waals surface area (Å²) in [6.45, 7) is 4.73. The highest BCUT2D eigenvalue weighted by atomic mass is 79.9. The van der Waals surface area contributed by atoms with Gasteiger partial charge in [-0.15, -0.1) is 0 Å². The number of carbonyl (C=O) groups excluding carboxylic acids is 1. The average molecular weight is 348 g/mol. The summed E-state index contributed by atoms with van der Waals surface area (Å²) in [4.78, 5) is 23.6. The van der Waals surface area contributed by atoms with Gasteiger partial charge < -0.3 is 10.2 Å². The lowest BCUT2D eigenvalue weighted by atomic mass is 10.2. The van der Waals surface area contributed by atoms with Crippen LogP contribution in [0.3, 0.4) is 0 Å². The zero-order chi connectivity index (χ0) is 15.3. The van der Waals surface area contributed by atoms with Gasteiger partial charge in [-0.25, -0.2) is 4.39 Å². The van der Waals surface area contributed by atoms with Crippen LogP contribution in [0.1, 0.15) is 13.8 Å². The second-order valence-electron chi connectivity index (χ2n) is 3.96. The number of hydrogen-bond donors (Lipinski definition) is 1. The van der Waals surface area contributed by atoms with Crippen molar-refractivity contribution in [2.24, 2.45) is 0 Å². The lowest BCUT2D eigenvalue weighted by molar-refractivity contribution is -0.384. The molecule has 0 saturated heterocycles. The molecule has 0 bridgehead atoms. The van der Waals surface area contributed by atoms with Gasteiger partial charge in [-0.05, 0) is 35.8 Å². The molecule has 0 unspecified atom stereocenters. The maximum absolute atomic E-state index is 13.3. The monoisotopic (exact) mass is 347 g/mol. The molecule has 1 aromatic rings. The minimum absolute atomic E-state index is 0.0827. The summed E-state index contributed by atoms with van der Waals surface area (Å²) in [6, 6.07) is 2.07. The molecule has 1 rings (SSSR count). The van der Waals surface area contributed by atoms with Crippen molar-refractivity contribution in [2.75, 3.05) is 25.0 Å². The van der Waals surface area contributed by atoms with Crippen LogP contribution in [-0.2, 0) is 4.79 Å². The predicted octanol–water partition coefficient (Wildman–Crippen LogP) is 2.78. The molecule has 0 aliphatic heterocycles. The molecular formula is C12H15BrFN3O3.